The molecular formula is C13H8F3N5S. The van der Waals surface area contributed by atoms with Gasteiger partial charge in [0.2, 0.25) is 0 Å². The van der Waals surface area contributed by atoms with E-state index in [0.29, 0.717) is 37.5 Å². The summed E-state index contributed by atoms with van der Waals surface area (Å²) in [5, 5.41) is 4.80. The average Bonchev–Trinajstić information content (AvgIpc) is 2.96. The average molecular weight is 323 g/mol. The number of aromatic nitrogens is 5. The molecule has 0 spiro atoms. The molecule has 0 saturated carbocycles. The molecule has 5 nitrogen and oxygen atoms in total. The lowest BCUT2D eigenvalue weighted by atomic mass is 10.1. The summed E-state index contributed by atoms with van der Waals surface area (Å²) in [5.74, 6) is 0.576. The summed E-state index contributed by atoms with van der Waals surface area (Å²) in [6, 6.07) is 1.05. The first-order valence-electron chi connectivity index (χ1n) is 6.33. The number of fused-ring (bicyclic) bond motifs is 5. The van der Waals surface area contributed by atoms with Crippen LogP contribution in [0.4, 0.5) is 13.2 Å². The van der Waals surface area contributed by atoms with Crippen LogP contribution in [-0.2, 0) is 6.18 Å². The van der Waals surface area contributed by atoms with Gasteiger partial charge in [0.25, 0.3) is 0 Å². The lowest BCUT2D eigenvalue weighted by Crippen LogP contribution is -2.07. The van der Waals surface area contributed by atoms with Crippen molar-refractivity contribution in [1.29, 1.82) is 0 Å². The predicted octanol–water partition coefficient (Wildman–Crippen LogP) is 3.52. The van der Waals surface area contributed by atoms with E-state index in [4.69, 9.17) is 0 Å². The summed E-state index contributed by atoms with van der Waals surface area (Å²) in [4.78, 5) is 12.7. The second kappa shape index (κ2) is 4.13. The van der Waals surface area contributed by atoms with Crippen molar-refractivity contribution in [3.63, 3.8) is 0 Å². The van der Waals surface area contributed by atoms with Gasteiger partial charge in [0.05, 0.1) is 5.52 Å². The Kier molecular flexibility index (Phi) is 2.51. The molecule has 4 heterocycles. The fourth-order valence-corrected chi connectivity index (χ4v) is 3.64. The number of alkyl halides is 3. The summed E-state index contributed by atoms with van der Waals surface area (Å²) in [7, 11) is 0. The molecule has 4 rings (SSSR count). The second-order valence-corrected chi connectivity index (χ2v) is 5.95. The maximum absolute atomic E-state index is 12.9. The molecule has 112 valence electrons. The SMILES string of the molecule is Cc1nc2c3sc4nc(C(F)(F)F)cc(C)c4c3ncn2n1. The molecule has 0 radical (unpaired) electrons. The normalized spacial score (nSPS) is 12.8. The van der Waals surface area contributed by atoms with Gasteiger partial charge in [-0.25, -0.2) is 19.5 Å². The quantitative estimate of drug-likeness (QED) is 0.497. The van der Waals surface area contributed by atoms with Crippen LogP contribution in [0.3, 0.4) is 0 Å². The summed E-state index contributed by atoms with van der Waals surface area (Å²) >= 11 is 1.15. The fraction of sp³-hybridized carbons (Fsp3) is 0.231. The number of hydrogen-bond donors (Lipinski definition) is 0. The van der Waals surface area contributed by atoms with Gasteiger partial charge in [0.15, 0.2) is 5.65 Å². The third kappa shape index (κ3) is 1.78. The van der Waals surface area contributed by atoms with E-state index in [-0.39, 0.29) is 0 Å². The molecular weight excluding hydrogens is 315 g/mol. The molecule has 4 aromatic heterocycles. The monoisotopic (exact) mass is 323 g/mol. The smallest absolute Gasteiger partial charge is 0.234 e. The Morgan fingerprint density at radius 3 is 2.68 bits per heavy atom. The number of aryl methyl sites for hydroxylation is 2. The number of pyridine rings is 1. The van der Waals surface area contributed by atoms with Crippen molar-refractivity contribution in [3.8, 4) is 0 Å². The first-order valence-corrected chi connectivity index (χ1v) is 7.15. The van der Waals surface area contributed by atoms with Crippen LogP contribution in [0.15, 0.2) is 12.4 Å². The maximum Gasteiger partial charge on any atom is 0.433 e. The van der Waals surface area contributed by atoms with Crippen molar-refractivity contribution in [1.82, 2.24) is 24.6 Å². The van der Waals surface area contributed by atoms with Crippen LogP contribution in [0.25, 0.3) is 26.1 Å². The second-order valence-electron chi connectivity index (χ2n) is 4.95. The van der Waals surface area contributed by atoms with Crippen LogP contribution in [0.1, 0.15) is 17.1 Å². The molecule has 0 aliphatic heterocycles. The van der Waals surface area contributed by atoms with Crippen molar-refractivity contribution in [2.75, 3.05) is 0 Å². The van der Waals surface area contributed by atoms with Crippen LogP contribution in [0, 0.1) is 13.8 Å². The van der Waals surface area contributed by atoms with Crippen LogP contribution in [-0.4, -0.2) is 24.6 Å². The van der Waals surface area contributed by atoms with Gasteiger partial charge in [-0.05, 0) is 25.5 Å². The lowest BCUT2D eigenvalue weighted by molar-refractivity contribution is -0.140. The largest absolute Gasteiger partial charge is 0.433 e. The van der Waals surface area contributed by atoms with Crippen molar-refractivity contribution in [3.05, 3.63) is 29.5 Å². The van der Waals surface area contributed by atoms with Gasteiger partial charge in [0, 0.05) is 5.39 Å². The molecule has 0 amide bonds. The van der Waals surface area contributed by atoms with Crippen LogP contribution < -0.4 is 0 Å². The molecule has 0 aromatic carbocycles. The van der Waals surface area contributed by atoms with E-state index in [1.807, 2.05) is 0 Å². The highest BCUT2D eigenvalue weighted by Crippen LogP contribution is 2.38. The summed E-state index contributed by atoms with van der Waals surface area (Å²) in [6.07, 6.45) is -2.95. The van der Waals surface area contributed by atoms with Gasteiger partial charge in [-0.1, -0.05) is 0 Å². The van der Waals surface area contributed by atoms with Crippen molar-refractivity contribution in [2.24, 2.45) is 0 Å². The minimum atomic E-state index is -4.47. The van der Waals surface area contributed by atoms with Crippen molar-refractivity contribution in [2.45, 2.75) is 20.0 Å². The molecule has 0 aliphatic rings. The minimum absolute atomic E-state index is 0.309. The Labute approximate surface area is 125 Å². The summed E-state index contributed by atoms with van der Waals surface area (Å²) in [6.45, 7) is 3.38. The number of hydrogen-bond acceptors (Lipinski definition) is 5. The molecule has 0 saturated heterocycles. The number of rotatable bonds is 0. The minimum Gasteiger partial charge on any atom is -0.234 e. The topological polar surface area (TPSA) is 56.0 Å². The van der Waals surface area contributed by atoms with Gasteiger partial charge in [-0.15, -0.1) is 11.3 Å². The van der Waals surface area contributed by atoms with Gasteiger partial charge >= 0.3 is 6.18 Å². The Morgan fingerprint density at radius 2 is 1.95 bits per heavy atom. The standard InChI is InChI=1S/C13H8F3N5S/c1-5-3-7(13(14,15)16)19-12-8(5)9-10(22-12)11-18-6(2)20-21(11)4-17-9/h3-4H,1-2H3. The molecule has 22 heavy (non-hydrogen) atoms. The molecule has 0 unspecified atom stereocenters. The number of nitrogens with zero attached hydrogens (tertiary/aromatic N) is 5. The fourth-order valence-electron chi connectivity index (χ4n) is 2.46. The lowest BCUT2D eigenvalue weighted by Gasteiger charge is -2.06. The summed E-state index contributed by atoms with van der Waals surface area (Å²) < 4.78 is 40.9. The van der Waals surface area contributed by atoms with E-state index in [1.54, 1.807) is 13.8 Å². The number of halogens is 3. The van der Waals surface area contributed by atoms with E-state index in [1.165, 1.54) is 10.8 Å². The number of thiophene rings is 1. The van der Waals surface area contributed by atoms with Crippen LogP contribution in [0.2, 0.25) is 0 Å². The van der Waals surface area contributed by atoms with E-state index in [9.17, 15) is 13.2 Å². The molecule has 0 bridgehead atoms. The maximum atomic E-state index is 12.9. The third-order valence-electron chi connectivity index (χ3n) is 3.36. The zero-order valence-corrected chi connectivity index (χ0v) is 12.2. The van der Waals surface area contributed by atoms with Gasteiger partial charge in [0.1, 0.15) is 27.4 Å². The molecule has 0 fully saturated rings. The van der Waals surface area contributed by atoms with Crippen molar-refractivity contribution >= 4 is 37.4 Å². The molecule has 0 aliphatic carbocycles. The van der Waals surface area contributed by atoms with Gasteiger partial charge in [-0.3, -0.25) is 0 Å². The Bertz CT molecular complexity index is 1050. The zero-order valence-electron chi connectivity index (χ0n) is 11.4. The first-order chi connectivity index (χ1) is 10.3. The van der Waals surface area contributed by atoms with E-state index >= 15 is 0 Å². The highest BCUT2D eigenvalue weighted by atomic mass is 32.1. The Hall–Kier alpha value is -2.29. The first kappa shape index (κ1) is 13.4. The Morgan fingerprint density at radius 1 is 1.18 bits per heavy atom. The highest BCUT2D eigenvalue weighted by Gasteiger charge is 2.33. The molecule has 4 aromatic rings. The molecule has 0 atom stereocenters. The molecule has 0 N–H and O–H groups in total. The third-order valence-corrected chi connectivity index (χ3v) is 4.43. The van der Waals surface area contributed by atoms with E-state index in [0.717, 1.165) is 17.4 Å². The highest BCUT2D eigenvalue weighted by molar-refractivity contribution is 7.26. The Balaban J connectivity index is 2.16. The summed E-state index contributed by atoms with van der Waals surface area (Å²) in [5.41, 5.74) is 0.798. The van der Waals surface area contributed by atoms with Gasteiger partial charge < -0.3 is 0 Å². The van der Waals surface area contributed by atoms with Crippen LogP contribution >= 0.6 is 11.3 Å². The van der Waals surface area contributed by atoms with E-state index < -0.39 is 11.9 Å². The zero-order chi connectivity index (χ0) is 15.6. The van der Waals surface area contributed by atoms with Crippen LogP contribution in [0.5, 0.6) is 0 Å². The molecule has 9 heteroatoms. The van der Waals surface area contributed by atoms with E-state index in [2.05, 4.69) is 20.1 Å². The van der Waals surface area contributed by atoms with Gasteiger partial charge in [-0.2, -0.15) is 18.3 Å². The predicted molar refractivity (Wildman–Crippen MR) is 75.9 cm³/mol. The van der Waals surface area contributed by atoms with Crippen molar-refractivity contribution < 1.29 is 13.2 Å².